The normalized spacial score (nSPS) is 14.0. The van der Waals surface area contributed by atoms with Crippen molar-refractivity contribution in [3.05, 3.63) is 0 Å². The number of nitrogens with one attached hydrogen (secondary N) is 2. The molecule has 6 nitrogen and oxygen atoms in total. The molecule has 0 aromatic heterocycles. The fourth-order valence-electron chi connectivity index (χ4n) is 2.06. The van der Waals surface area contributed by atoms with E-state index in [1.807, 2.05) is 6.92 Å². The van der Waals surface area contributed by atoms with E-state index in [9.17, 15) is 36.3 Å². The Balaban J connectivity index is 5.31. The van der Waals surface area contributed by atoms with Gasteiger partial charge in [0.1, 0.15) is 12.1 Å². The number of thioether (sulfide) groups is 2. The maximum Gasteiger partial charge on any atom is 0.463 e. The van der Waals surface area contributed by atoms with Crippen LogP contribution in [-0.4, -0.2) is 72.6 Å². The molecular formula is C17H27F5N2O4S2. The Morgan fingerprint density at radius 1 is 0.933 bits per heavy atom. The predicted molar refractivity (Wildman–Crippen MR) is 107 cm³/mol. The molecule has 0 aromatic rings. The molecule has 0 fully saturated rings. The summed E-state index contributed by atoms with van der Waals surface area (Å²) >= 11 is 2.59. The number of esters is 1. The Bertz CT molecular complexity index is 565. The molecule has 0 radical (unpaired) electrons. The highest BCUT2D eigenvalue weighted by atomic mass is 32.2. The van der Waals surface area contributed by atoms with Crippen molar-refractivity contribution >= 4 is 41.3 Å². The molecule has 0 spiro atoms. The Morgan fingerprint density at radius 3 is 1.93 bits per heavy atom. The van der Waals surface area contributed by atoms with E-state index in [0.29, 0.717) is 12.2 Å². The van der Waals surface area contributed by atoms with Gasteiger partial charge in [-0.15, -0.1) is 0 Å². The number of halogens is 5. The fourth-order valence-corrected chi connectivity index (χ4v) is 3.00. The molecule has 2 N–H and O–H groups in total. The Hall–Kier alpha value is -1.24. The zero-order valence-electron chi connectivity index (χ0n) is 16.9. The summed E-state index contributed by atoms with van der Waals surface area (Å²) in [5, 5.41) is 3.77. The molecule has 30 heavy (non-hydrogen) atoms. The van der Waals surface area contributed by atoms with Crippen LogP contribution in [0.4, 0.5) is 22.0 Å². The average Bonchev–Trinajstić information content (AvgIpc) is 2.66. The van der Waals surface area contributed by atoms with Gasteiger partial charge in [0.05, 0.1) is 6.61 Å². The van der Waals surface area contributed by atoms with Crippen LogP contribution in [0.1, 0.15) is 32.6 Å². The van der Waals surface area contributed by atoms with Gasteiger partial charge in [-0.1, -0.05) is 13.3 Å². The van der Waals surface area contributed by atoms with Gasteiger partial charge < -0.3 is 15.4 Å². The predicted octanol–water partition coefficient (Wildman–Crippen LogP) is 3.00. The van der Waals surface area contributed by atoms with E-state index < -0.39 is 42.0 Å². The zero-order chi connectivity index (χ0) is 23.4. The third-order valence-corrected chi connectivity index (χ3v) is 5.12. The maximum atomic E-state index is 13.2. The highest BCUT2D eigenvalue weighted by Gasteiger charge is 2.63. The van der Waals surface area contributed by atoms with Crippen LogP contribution in [-0.2, 0) is 19.1 Å². The van der Waals surface area contributed by atoms with Gasteiger partial charge in [-0.3, -0.25) is 9.59 Å². The van der Waals surface area contributed by atoms with Crippen molar-refractivity contribution < 1.29 is 41.1 Å². The number of carbonyl (C=O) groups is 3. The molecule has 0 saturated heterocycles. The quantitative estimate of drug-likeness (QED) is 0.225. The van der Waals surface area contributed by atoms with E-state index in [1.165, 1.54) is 28.8 Å². The summed E-state index contributed by atoms with van der Waals surface area (Å²) < 4.78 is 68.8. The molecule has 2 unspecified atom stereocenters. The molecular weight excluding hydrogens is 455 g/mol. The summed E-state index contributed by atoms with van der Waals surface area (Å²) in [5.74, 6) is -9.38. The van der Waals surface area contributed by atoms with Crippen LogP contribution < -0.4 is 10.6 Å². The summed E-state index contributed by atoms with van der Waals surface area (Å²) in [5.41, 5.74) is 0. The minimum atomic E-state index is -6.10. The first-order chi connectivity index (χ1) is 13.9. The SMILES string of the molecule is CCCCOC(=O)C(CCSC)NC(=O)C(CCSC)NC(=O)C(F)(F)C(F)(F)F. The molecule has 2 atom stereocenters. The van der Waals surface area contributed by atoms with E-state index in [1.54, 1.807) is 12.5 Å². The second-order valence-electron chi connectivity index (χ2n) is 6.24. The standard InChI is InChI=1S/C17H27F5N2O4S2/c1-4-5-8-28-14(26)12(7-10-30-3)23-13(25)11(6-9-29-2)24-15(27)16(18,19)17(20,21)22/h11-12H,4-10H2,1-3H3,(H,23,25)(H,24,27). The van der Waals surface area contributed by atoms with Crippen molar-refractivity contribution in [2.75, 3.05) is 30.6 Å². The van der Waals surface area contributed by atoms with E-state index in [2.05, 4.69) is 5.32 Å². The minimum absolute atomic E-state index is 0.130. The van der Waals surface area contributed by atoms with E-state index >= 15 is 0 Å². The molecule has 13 heteroatoms. The third kappa shape index (κ3) is 9.71. The first-order valence-corrected chi connectivity index (χ1v) is 11.9. The Kier molecular flexibility index (Phi) is 13.4. The fraction of sp³-hybridized carbons (Fsp3) is 0.824. The van der Waals surface area contributed by atoms with Gasteiger partial charge in [0.2, 0.25) is 5.91 Å². The third-order valence-electron chi connectivity index (χ3n) is 3.83. The molecule has 176 valence electrons. The second-order valence-corrected chi connectivity index (χ2v) is 8.21. The lowest BCUT2D eigenvalue weighted by atomic mass is 10.1. The number of ether oxygens (including phenoxy) is 1. The number of amides is 2. The van der Waals surface area contributed by atoms with Crippen LogP contribution >= 0.6 is 23.5 Å². The summed E-state index contributed by atoms with van der Waals surface area (Å²) in [6.45, 7) is 2.02. The second kappa shape index (κ2) is 13.9. The number of carbonyl (C=O) groups excluding carboxylic acids is 3. The lowest BCUT2D eigenvalue weighted by Crippen LogP contribution is -2.58. The van der Waals surface area contributed by atoms with Gasteiger partial charge in [-0.25, -0.2) is 4.79 Å². The molecule has 0 aliphatic rings. The molecule has 0 aliphatic carbocycles. The van der Waals surface area contributed by atoms with Gasteiger partial charge >= 0.3 is 24.0 Å². The number of unbranched alkanes of at least 4 members (excludes halogenated alkanes) is 1. The van der Waals surface area contributed by atoms with Crippen molar-refractivity contribution in [2.45, 2.75) is 56.8 Å². The number of hydrogen-bond acceptors (Lipinski definition) is 6. The Labute approximate surface area is 180 Å². The lowest BCUT2D eigenvalue weighted by Gasteiger charge is -2.25. The van der Waals surface area contributed by atoms with Crippen LogP contribution in [0.3, 0.4) is 0 Å². The first kappa shape index (κ1) is 28.8. The summed E-state index contributed by atoms with van der Waals surface area (Å²) in [7, 11) is 0. The smallest absolute Gasteiger partial charge is 0.463 e. The number of hydrogen-bond donors (Lipinski definition) is 2. The maximum absolute atomic E-state index is 13.2. The van der Waals surface area contributed by atoms with E-state index in [0.717, 1.165) is 6.42 Å². The molecule has 0 heterocycles. The summed E-state index contributed by atoms with van der Waals surface area (Å²) in [4.78, 5) is 36.2. The summed E-state index contributed by atoms with van der Waals surface area (Å²) in [6.07, 6.45) is -1.36. The van der Waals surface area contributed by atoms with Crippen molar-refractivity contribution in [1.29, 1.82) is 0 Å². The van der Waals surface area contributed by atoms with Crippen molar-refractivity contribution in [1.82, 2.24) is 10.6 Å². The van der Waals surface area contributed by atoms with Crippen LogP contribution in [0.25, 0.3) is 0 Å². The van der Waals surface area contributed by atoms with E-state index in [-0.39, 0.29) is 25.2 Å². The lowest BCUT2D eigenvalue weighted by molar-refractivity contribution is -0.270. The first-order valence-electron chi connectivity index (χ1n) is 9.12. The average molecular weight is 483 g/mol. The monoisotopic (exact) mass is 482 g/mol. The molecule has 0 aliphatic heterocycles. The van der Waals surface area contributed by atoms with Gasteiger partial charge in [0, 0.05) is 0 Å². The van der Waals surface area contributed by atoms with Gasteiger partial charge in [-0.05, 0) is 43.3 Å². The molecule has 0 saturated carbocycles. The molecule has 0 bridgehead atoms. The van der Waals surface area contributed by atoms with Crippen molar-refractivity contribution in [3.8, 4) is 0 Å². The minimum Gasteiger partial charge on any atom is -0.464 e. The zero-order valence-corrected chi connectivity index (χ0v) is 18.6. The number of rotatable bonds is 14. The van der Waals surface area contributed by atoms with Crippen LogP contribution in [0.2, 0.25) is 0 Å². The molecule has 0 aromatic carbocycles. The topological polar surface area (TPSA) is 84.5 Å². The van der Waals surface area contributed by atoms with Gasteiger partial charge in [0.15, 0.2) is 0 Å². The number of alkyl halides is 5. The van der Waals surface area contributed by atoms with Crippen LogP contribution in [0.5, 0.6) is 0 Å². The largest absolute Gasteiger partial charge is 0.464 e. The van der Waals surface area contributed by atoms with E-state index in [4.69, 9.17) is 4.74 Å². The highest BCUT2D eigenvalue weighted by Crippen LogP contribution is 2.35. The highest BCUT2D eigenvalue weighted by molar-refractivity contribution is 7.98. The van der Waals surface area contributed by atoms with Crippen LogP contribution in [0.15, 0.2) is 0 Å². The Morgan fingerprint density at radius 2 is 1.47 bits per heavy atom. The van der Waals surface area contributed by atoms with Crippen molar-refractivity contribution in [3.63, 3.8) is 0 Å². The molecule has 2 amide bonds. The van der Waals surface area contributed by atoms with Gasteiger partial charge in [0.25, 0.3) is 0 Å². The van der Waals surface area contributed by atoms with Crippen molar-refractivity contribution in [2.24, 2.45) is 0 Å². The van der Waals surface area contributed by atoms with Gasteiger partial charge in [-0.2, -0.15) is 45.5 Å². The molecule has 0 rings (SSSR count). The van der Waals surface area contributed by atoms with Crippen LogP contribution in [0, 0.1) is 0 Å². The summed E-state index contributed by atoms with van der Waals surface area (Å²) in [6, 6.07) is -2.78.